The number of nitrogens with one attached hydrogen (secondary N) is 1. The summed E-state index contributed by atoms with van der Waals surface area (Å²) in [6, 6.07) is 8.49. The fraction of sp³-hybridized carbons (Fsp3) is 0.500. The maximum Gasteiger partial charge on any atom is 0.119 e. The zero-order valence-corrected chi connectivity index (χ0v) is 9.49. The smallest absolute Gasteiger partial charge is 0.119 e. The number of nitrogens with two attached hydrogens (primary N) is 1. The molecule has 0 bridgehead atoms. The van der Waals surface area contributed by atoms with Crippen molar-refractivity contribution in [2.45, 2.75) is 26.4 Å². The van der Waals surface area contributed by atoms with Gasteiger partial charge in [-0.25, -0.2) is 0 Å². The minimum absolute atomic E-state index is 0.358. The second kappa shape index (κ2) is 6.43. The van der Waals surface area contributed by atoms with E-state index in [0.29, 0.717) is 19.2 Å². The van der Waals surface area contributed by atoms with Crippen molar-refractivity contribution < 1.29 is 4.74 Å². The molecule has 1 atom stereocenters. The molecule has 3 heteroatoms. The van der Waals surface area contributed by atoms with Gasteiger partial charge in [0.2, 0.25) is 0 Å². The van der Waals surface area contributed by atoms with Crippen LogP contribution in [0.5, 0.6) is 5.75 Å². The van der Waals surface area contributed by atoms with Crippen LogP contribution in [0.15, 0.2) is 24.3 Å². The Bertz CT molecular complexity index is 271. The summed E-state index contributed by atoms with van der Waals surface area (Å²) in [5, 5.41) is 3.33. The van der Waals surface area contributed by atoms with Crippen molar-refractivity contribution in [3.05, 3.63) is 29.8 Å². The van der Waals surface area contributed by atoms with Gasteiger partial charge in [-0.05, 0) is 31.5 Å². The highest BCUT2D eigenvalue weighted by atomic mass is 16.5. The Morgan fingerprint density at radius 1 is 1.33 bits per heavy atom. The molecule has 0 aliphatic rings. The van der Waals surface area contributed by atoms with Gasteiger partial charge in [0.1, 0.15) is 5.75 Å². The maximum absolute atomic E-state index is 5.52. The fourth-order valence-corrected chi connectivity index (χ4v) is 1.25. The molecule has 0 aliphatic heterocycles. The van der Waals surface area contributed by atoms with Crippen LogP contribution in [0.1, 0.15) is 19.4 Å². The molecule has 0 spiro atoms. The van der Waals surface area contributed by atoms with Crippen LogP contribution in [-0.2, 0) is 6.54 Å². The van der Waals surface area contributed by atoms with Gasteiger partial charge in [-0.15, -0.1) is 0 Å². The summed E-state index contributed by atoms with van der Waals surface area (Å²) in [7, 11) is 0. The van der Waals surface area contributed by atoms with E-state index in [-0.39, 0.29) is 0 Å². The Labute approximate surface area is 91.6 Å². The van der Waals surface area contributed by atoms with Crippen molar-refractivity contribution in [2.75, 3.05) is 13.2 Å². The molecule has 0 aliphatic carbocycles. The average molecular weight is 208 g/mol. The average Bonchev–Trinajstić information content (AvgIpc) is 2.28. The summed E-state index contributed by atoms with van der Waals surface area (Å²) in [5.74, 6) is 0.924. The Hall–Kier alpha value is -1.06. The second-order valence-electron chi connectivity index (χ2n) is 3.59. The molecule has 0 fully saturated rings. The SMILES string of the molecule is CCOc1ccc(CN[C@H](C)CN)cc1. The van der Waals surface area contributed by atoms with E-state index in [1.54, 1.807) is 0 Å². The van der Waals surface area contributed by atoms with Gasteiger partial charge >= 0.3 is 0 Å². The van der Waals surface area contributed by atoms with Crippen LogP contribution in [0.25, 0.3) is 0 Å². The molecule has 0 unspecified atom stereocenters. The van der Waals surface area contributed by atoms with Crippen LogP contribution in [0.3, 0.4) is 0 Å². The normalized spacial score (nSPS) is 12.5. The molecule has 0 saturated heterocycles. The minimum Gasteiger partial charge on any atom is -0.494 e. The first-order valence-corrected chi connectivity index (χ1v) is 5.41. The number of hydrogen-bond acceptors (Lipinski definition) is 3. The van der Waals surface area contributed by atoms with Crippen molar-refractivity contribution in [2.24, 2.45) is 5.73 Å². The van der Waals surface area contributed by atoms with Crippen LogP contribution in [0.4, 0.5) is 0 Å². The fourth-order valence-electron chi connectivity index (χ4n) is 1.25. The first-order chi connectivity index (χ1) is 7.26. The minimum atomic E-state index is 0.358. The van der Waals surface area contributed by atoms with Crippen LogP contribution < -0.4 is 15.8 Å². The van der Waals surface area contributed by atoms with E-state index >= 15 is 0 Å². The van der Waals surface area contributed by atoms with Gasteiger partial charge in [0.05, 0.1) is 6.61 Å². The number of rotatable bonds is 6. The van der Waals surface area contributed by atoms with E-state index in [0.717, 1.165) is 12.3 Å². The predicted octanol–water partition coefficient (Wildman–Crippen LogP) is 1.52. The Morgan fingerprint density at radius 2 is 2.00 bits per heavy atom. The van der Waals surface area contributed by atoms with E-state index in [2.05, 4.69) is 24.4 Å². The molecule has 1 aromatic carbocycles. The van der Waals surface area contributed by atoms with Crippen molar-refractivity contribution in [3.8, 4) is 5.75 Å². The van der Waals surface area contributed by atoms with Crippen LogP contribution in [0.2, 0.25) is 0 Å². The molecule has 0 aromatic heterocycles. The quantitative estimate of drug-likeness (QED) is 0.745. The van der Waals surface area contributed by atoms with E-state index in [9.17, 15) is 0 Å². The topological polar surface area (TPSA) is 47.3 Å². The molecule has 84 valence electrons. The molecule has 3 N–H and O–H groups in total. The molecule has 3 nitrogen and oxygen atoms in total. The van der Waals surface area contributed by atoms with Crippen molar-refractivity contribution in [3.63, 3.8) is 0 Å². The van der Waals surface area contributed by atoms with E-state index in [4.69, 9.17) is 10.5 Å². The summed E-state index contributed by atoms with van der Waals surface area (Å²) >= 11 is 0. The molecule has 1 aromatic rings. The molecular formula is C12H20N2O. The van der Waals surface area contributed by atoms with Gasteiger partial charge in [-0.1, -0.05) is 12.1 Å². The second-order valence-corrected chi connectivity index (χ2v) is 3.59. The maximum atomic E-state index is 5.52. The first-order valence-electron chi connectivity index (χ1n) is 5.41. The lowest BCUT2D eigenvalue weighted by Gasteiger charge is -2.11. The lowest BCUT2D eigenvalue weighted by atomic mass is 10.2. The van der Waals surface area contributed by atoms with Crippen LogP contribution in [-0.4, -0.2) is 19.2 Å². The van der Waals surface area contributed by atoms with Crippen LogP contribution >= 0.6 is 0 Å². The molecule has 15 heavy (non-hydrogen) atoms. The summed E-state index contributed by atoms with van der Waals surface area (Å²) in [6.07, 6.45) is 0. The number of ether oxygens (including phenoxy) is 1. The molecule has 0 radical (unpaired) electrons. The number of hydrogen-bond donors (Lipinski definition) is 2. The number of benzene rings is 1. The highest BCUT2D eigenvalue weighted by molar-refractivity contribution is 5.27. The predicted molar refractivity (Wildman–Crippen MR) is 63.0 cm³/mol. The molecule has 0 amide bonds. The summed E-state index contributed by atoms with van der Waals surface area (Å²) in [4.78, 5) is 0. The molecule has 1 rings (SSSR count). The van der Waals surface area contributed by atoms with Gasteiger partial charge in [0, 0.05) is 19.1 Å². The Kier molecular flexibility index (Phi) is 5.15. The molecule has 0 heterocycles. The standard InChI is InChI=1S/C12H20N2O/c1-3-15-12-6-4-11(5-7-12)9-14-10(2)8-13/h4-7,10,14H,3,8-9,13H2,1-2H3/t10-/m1/s1. The Balaban J connectivity index is 2.42. The third-order valence-electron chi connectivity index (χ3n) is 2.24. The van der Waals surface area contributed by atoms with Gasteiger partial charge in [0.15, 0.2) is 0 Å². The van der Waals surface area contributed by atoms with Gasteiger partial charge < -0.3 is 15.8 Å². The summed E-state index contributed by atoms with van der Waals surface area (Å²) in [6.45, 7) is 6.29. The zero-order chi connectivity index (χ0) is 11.1. The van der Waals surface area contributed by atoms with Crippen LogP contribution in [0, 0.1) is 0 Å². The van der Waals surface area contributed by atoms with Gasteiger partial charge in [-0.2, -0.15) is 0 Å². The summed E-state index contributed by atoms with van der Waals surface area (Å²) < 4.78 is 5.37. The lowest BCUT2D eigenvalue weighted by Crippen LogP contribution is -2.32. The third-order valence-corrected chi connectivity index (χ3v) is 2.24. The van der Waals surface area contributed by atoms with E-state index in [1.807, 2.05) is 19.1 Å². The summed E-state index contributed by atoms with van der Waals surface area (Å²) in [5.41, 5.74) is 6.77. The zero-order valence-electron chi connectivity index (χ0n) is 9.49. The van der Waals surface area contributed by atoms with E-state index in [1.165, 1.54) is 5.56 Å². The van der Waals surface area contributed by atoms with Crippen molar-refractivity contribution in [1.29, 1.82) is 0 Å². The highest BCUT2D eigenvalue weighted by Gasteiger charge is 1.98. The lowest BCUT2D eigenvalue weighted by molar-refractivity contribution is 0.340. The highest BCUT2D eigenvalue weighted by Crippen LogP contribution is 2.11. The monoisotopic (exact) mass is 208 g/mol. The Morgan fingerprint density at radius 3 is 2.53 bits per heavy atom. The van der Waals surface area contributed by atoms with E-state index < -0.39 is 0 Å². The molecule has 0 saturated carbocycles. The third kappa shape index (κ3) is 4.32. The molecular weight excluding hydrogens is 188 g/mol. The largest absolute Gasteiger partial charge is 0.494 e. The van der Waals surface area contributed by atoms with Crippen molar-refractivity contribution >= 4 is 0 Å². The van der Waals surface area contributed by atoms with Gasteiger partial charge in [0.25, 0.3) is 0 Å². The van der Waals surface area contributed by atoms with Crippen molar-refractivity contribution in [1.82, 2.24) is 5.32 Å². The first kappa shape index (κ1) is 12.0. The van der Waals surface area contributed by atoms with Gasteiger partial charge in [-0.3, -0.25) is 0 Å².